The van der Waals surface area contributed by atoms with Crippen molar-refractivity contribution in [1.29, 1.82) is 0 Å². The monoisotopic (exact) mass is 245 g/mol. The maximum Gasteiger partial charge on any atom is 0.219 e. The summed E-state index contributed by atoms with van der Waals surface area (Å²) in [6.07, 6.45) is 2.91. The molecule has 0 aliphatic heterocycles. The van der Waals surface area contributed by atoms with Crippen molar-refractivity contribution < 1.29 is 9.13 Å². The Bertz CT molecular complexity index is 493. The molecule has 1 aromatic heterocycles. The molecular formula is C15H16FNO. The van der Waals surface area contributed by atoms with Gasteiger partial charge < -0.3 is 4.74 Å². The lowest BCUT2D eigenvalue weighted by Crippen LogP contribution is -1.94. The first-order valence-corrected chi connectivity index (χ1v) is 6.08. The van der Waals surface area contributed by atoms with Crippen LogP contribution >= 0.6 is 0 Å². The predicted octanol–water partition coefficient (Wildman–Crippen LogP) is 4.53. The molecule has 3 heteroatoms. The number of aromatic nitrogens is 1. The fourth-order valence-electron chi connectivity index (χ4n) is 1.60. The molecule has 2 rings (SSSR count). The normalized spacial score (nSPS) is 12.2. The molecule has 2 nitrogen and oxygen atoms in total. The third kappa shape index (κ3) is 3.06. The van der Waals surface area contributed by atoms with Gasteiger partial charge in [0.15, 0.2) is 0 Å². The Hall–Kier alpha value is -1.90. The van der Waals surface area contributed by atoms with Crippen LogP contribution < -0.4 is 4.74 Å². The highest BCUT2D eigenvalue weighted by atomic mass is 19.1. The third-order valence-electron chi connectivity index (χ3n) is 2.98. The van der Waals surface area contributed by atoms with Gasteiger partial charge in [-0.25, -0.2) is 9.37 Å². The molecule has 0 saturated heterocycles. The molecule has 0 bridgehead atoms. The number of hydrogen-bond acceptors (Lipinski definition) is 2. The summed E-state index contributed by atoms with van der Waals surface area (Å²) in [4.78, 5) is 4.25. The molecule has 0 radical (unpaired) electrons. The Labute approximate surface area is 106 Å². The summed E-state index contributed by atoms with van der Waals surface area (Å²) in [7, 11) is 0. The number of ether oxygens (including phenoxy) is 1. The largest absolute Gasteiger partial charge is 0.439 e. The number of benzene rings is 1. The second kappa shape index (κ2) is 5.63. The molecule has 1 heterocycles. The van der Waals surface area contributed by atoms with E-state index in [1.165, 1.54) is 17.7 Å². The van der Waals surface area contributed by atoms with Crippen molar-refractivity contribution >= 4 is 0 Å². The molecule has 1 unspecified atom stereocenters. The van der Waals surface area contributed by atoms with Gasteiger partial charge in [-0.3, -0.25) is 0 Å². The number of halogens is 1. The summed E-state index contributed by atoms with van der Waals surface area (Å²) in [5.41, 5.74) is 1.20. The van der Waals surface area contributed by atoms with Crippen LogP contribution in [0.1, 0.15) is 31.7 Å². The van der Waals surface area contributed by atoms with Crippen molar-refractivity contribution in [3.63, 3.8) is 0 Å². The van der Waals surface area contributed by atoms with Gasteiger partial charge in [-0.05, 0) is 42.2 Å². The van der Waals surface area contributed by atoms with E-state index >= 15 is 0 Å². The lowest BCUT2D eigenvalue weighted by Gasteiger charge is -2.09. The zero-order valence-electron chi connectivity index (χ0n) is 10.6. The highest BCUT2D eigenvalue weighted by Gasteiger charge is 2.04. The molecule has 0 saturated carbocycles. The van der Waals surface area contributed by atoms with Crippen molar-refractivity contribution in [2.24, 2.45) is 0 Å². The summed E-state index contributed by atoms with van der Waals surface area (Å²) < 4.78 is 18.3. The SMILES string of the molecule is CCC(C)c1ccc(Oc2ccc(F)cc2)nc1. The molecule has 0 fully saturated rings. The molecule has 0 aliphatic rings. The summed E-state index contributed by atoms with van der Waals surface area (Å²) in [6, 6.07) is 9.75. The van der Waals surface area contributed by atoms with Crippen molar-refractivity contribution in [1.82, 2.24) is 4.98 Å². The summed E-state index contributed by atoms with van der Waals surface area (Å²) in [6.45, 7) is 4.31. The Morgan fingerprint density at radius 3 is 2.44 bits per heavy atom. The first-order valence-electron chi connectivity index (χ1n) is 6.08. The second-order valence-electron chi connectivity index (χ2n) is 4.30. The zero-order chi connectivity index (χ0) is 13.0. The molecule has 1 aromatic carbocycles. The molecule has 2 aromatic rings. The van der Waals surface area contributed by atoms with E-state index in [-0.39, 0.29) is 5.82 Å². The number of nitrogens with zero attached hydrogens (tertiary/aromatic N) is 1. The standard InChI is InChI=1S/C15H16FNO/c1-3-11(2)12-4-9-15(17-10-12)18-14-7-5-13(16)6-8-14/h4-11H,3H2,1-2H3. The number of hydrogen-bond donors (Lipinski definition) is 0. The highest BCUT2D eigenvalue weighted by Crippen LogP contribution is 2.22. The molecule has 0 N–H and O–H groups in total. The zero-order valence-corrected chi connectivity index (χ0v) is 10.6. The minimum absolute atomic E-state index is 0.276. The van der Waals surface area contributed by atoms with Gasteiger partial charge in [0, 0.05) is 12.3 Å². The van der Waals surface area contributed by atoms with E-state index in [1.54, 1.807) is 12.1 Å². The van der Waals surface area contributed by atoms with Crippen LogP contribution in [0.4, 0.5) is 4.39 Å². The van der Waals surface area contributed by atoms with Crippen LogP contribution in [0, 0.1) is 5.82 Å². The lowest BCUT2D eigenvalue weighted by atomic mass is 10.0. The van der Waals surface area contributed by atoms with E-state index < -0.39 is 0 Å². The van der Waals surface area contributed by atoms with Gasteiger partial charge in [-0.1, -0.05) is 19.9 Å². The number of rotatable bonds is 4. The van der Waals surface area contributed by atoms with Crippen LogP contribution in [0.2, 0.25) is 0 Å². The van der Waals surface area contributed by atoms with Crippen molar-refractivity contribution in [2.75, 3.05) is 0 Å². The maximum absolute atomic E-state index is 12.7. The van der Waals surface area contributed by atoms with E-state index in [1.807, 2.05) is 18.3 Å². The van der Waals surface area contributed by atoms with Crippen LogP contribution in [-0.2, 0) is 0 Å². The molecule has 0 amide bonds. The van der Waals surface area contributed by atoms with E-state index in [2.05, 4.69) is 18.8 Å². The Kier molecular flexibility index (Phi) is 3.92. The Morgan fingerprint density at radius 1 is 1.17 bits per heavy atom. The fourth-order valence-corrected chi connectivity index (χ4v) is 1.60. The van der Waals surface area contributed by atoms with Crippen molar-refractivity contribution in [3.8, 4) is 11.6 Å². The topological polar surface area (TPSA) is 22.1 Å². The fraction of sp³-hybridized carbons (Fsp3) is 0.267. The average Bonchev–Trinajstić information content (AvgIpc) is 2.41. The third-order valence-corrected chi connectivity index (χ3v) is 2.98. The minimum Gasteiger partial charge on any atom is -0.439 e. The summed E-state index contributed by atoms with van der Waals surface area (Å²) >= 11 is 0. The summed E-state index contributed by atoms with van der Waals surface area (Å²) in [5.74, 6) is 1.33. The molecular weight excluding hydrogens is 229 g/mol. The lowest BCUT2D eigenvalue weighted by molar-refractivity contribution is 0.460. The molecule has 1 atom stereocenters. The van der Waals surface area contributed by atoms with Crippen LogP contribution in [0.15, 0.2) is 42.6 Å². The molecule has 0 aliphatic carbocycles. The van der Waals surface area contributed by atoms with Gasteiger partial charge in [0.05, 0.1) is 0 Å². The van der Waals surface area contributed by atoms with E-state index in [9.17, 15) is 4.39 Å². The predicted molar refractivity (Wildman–Crippen MR) is 69.4 cm³/mol. The van der Waals surface area contributed by atoms with Crippen LogP contribution in [-0.4, -0.2) is 4.98 Å². The first kappa shape index (κ1) is 12.6. The average molecular weight is 245 g/mol. The van der Waals surface area contributed by atoms with Crippen LogP contribution in [0.3, 0.4) is 0 Å². The van der Waals surface area contributed by atoms with E-state index in [0.717, 1.165) is 6.42 Å². The minimum atomic E-state index is -0.276. The van der Waals surface area contributed by atoms with Gasteiger partial charge in [0.1, 0.15) is 11.6 Å². The smallest absolute Gasteiger partial charge is 0.219 e. The van der Waals surface area contributed by atoms with Gasteiger partial charge in [-0.2, -0.15) is 0 Å². The Morgan fingerprint density at radius 2 is 1.89 bits per heavy atom. The molecule has 94 valence electrons. The van der Waals surface area contributed by atoms with E-state index in [0.29, 0.717) is 17.5 Å². The second-order valence-corrected chi connectivity index (χ2v) is 4.30. The maximum atomic E-state index is 12.7. The van der Waals surface area contributed by atoms with Crippen LogP contribution in [0.25, 0.3) is 0 Å². The van der Waals surface area contributed by atoms with Gasteiger partial charge >= 0.3 is 0 Å². The van der Waals surface area contributed by atoms with Crippen LogP contribution in [0.5, 0.6) is 11.6 Å². The van der Waals surface area contributed by atoms with Gasteiger partial charge in [0.25, 0.3) is 0 Å². The Balaban J connectivity index is 2.08. The quantitative estimate of drug-likeness (QED) is 0.789. The van der Waals surface area contributed by atoms with Crippen molar-refractivity contribution in [3.05, 3.63) is 54.0 Å². The number of pyridine rings is 1. The summed E-state index contributed by atoms with van der Waals surface area (Å²) in [5, 5.41) is 0. The highest BCUT2D eigenvalue weighted by molar-refractivity contribution is 5.28. The molecule has 0 spiro atoms. The van der Waals surface area contributed by atoms with Gasteiger partial charge in [0.2, 0.25) is 5.88 Å². The first-order chi connectivity index (χ1) is 8.69. The van der Waals surface area contributed by atoms with E-state index in [4.69, 9.17) is 4.74 Å². The molecule has 18 heavy (non-hydrogen) atoms. The van der Waals surface area contributed by atoms with Gasteiger partial charge in [-0.15, -0.1) is 0 Å². The van der Waals surface area contributed by atoms with Crippen molar-refractivity contribution in [2.45, 2.75) is 26.2 Å².